The number of nitrogens with one attached hydrogen (secondary N) is 1. The molecule has 1 saturated heterocycles. The average molecular weight is 295 g/mol. The molecule has 21 heavy (non-hydrogen) atoms. The van der Waals surface area contributed by atoms with Gasteiger partial charge in [-0.3, -0.25) is 4.90 Å². The highest BCUT2D eigenvalue weighted by atomic mass is 16.2. The molecule has 4 heteroatoms. The van der Waals surface area contributed by atoms with Crippen molar-refractivity contribution in [3.8, 4) is 0 Å². The Balaban J connectivity index is 1.68. The van der Waals surface area contributed by atoms with Crippen LogP contribution in [0.5, 0.6) is 0 Å². The Labute approximate surface area is 130 Å². The summed E-state index contributed by atoms with van der Waals surface area (Å²) >= 11 is 0. The fourth-order valence-corrected chi connectivity index (χ4v) is 3.49. The second-order valence-electron chi connectivity index (χ2n) is 7.08. The van der Waals surface area contributed by atoms with Crippen LogP contribution in [0.15, 0.2) is 0 Å². The van der Waals surface area contributed by atoms with E-state index in [4.69, 9.17) is 0 Å². The minimum atomic E-state index is 0.135. The van der Waals surface area contributed by atoms with E-state index in [9.17, 15) is 4.79 Å². The molecule has 0 bridgehead atoms. The minimum absolute atomic E-state index is 0.135. The van der Waals surface area contributed by atoms with Gasteiger partial charge in [-0.05, 0) is 25.2 Å². The topological polar surface area (TPSA) is 35.6 Å². The highest BCUT2D eigenvalue weighted by Crippen LogP contribution is 2.22. The molecule has 2 aliphatic rings. The number of nitrogens with zero attached hydrogens (tertiary/aromatic N) is 2. The Morgan fingerprint density at radius 3 is 2.24 bits per heavy atom. The molecule has 0 atom stereocenters. The zero-order chi connectivity index (χ0) is 15.1. The molecule has 1 aliphatic heterocycles. The lowest BCUT2D eigenvalue weighted by Crippen LogP contribution is -2.54. The van der Waals surface area contributed by atoms with Crippen molar-refractivity contribution in [2.75, 3.05) is 32.7 Å². The van der Waals surface area contributed by atoms with E-state index >= 15 is 0 Å². The Hall–Kier alpha value is -0.770. The van der Waals surface area contributed by atoms with E-state index < -0.39 is 0 Å². The number of urea groups is 1. The average Bonchev–Trinajstić information content (AvgIpc) is 2.76. The summed E-state index contributed by atoms with van der Waals surface area (Å²) in [5.74, 6) is 0.650. The third kappa shape index (κ3) is 5.50. The quantitative estimate of drug-likeness (QED) is 0.809. The van der Waals surface area contributed by atoms with E-state index in [-0.39, 0.29) is 6.03 Å². The fourth-order valence-electron chi connectivity index (χ4n) is 3.49. The summed E-state index contributed by atoms with van der Waals surface area (Å²) in [5.41, 5.74) is 0. The van der Waals surface area contributed by atoms with Crippen molar-refractivity contribution in [1.29, 1.82) is 0 Å². The van der Waals surface area contributed by atoms with Gasteiger partial charge < -0.3 is 10.2 Å². The van der Waals surface area contributed by atoms with Gasteiger partial charge in [-0.1, -0.05) is 39.5 Å². The lowest BCUT2D eigenvalue weighted by Gasteiger charge is -2.39. The molecular weight excluding hydrogens is 262 g/mol. The van der Waals surface area contributed by atoms with Gasteiger partial charge in [-0.15, -0.1) is 0 Å². The molecule has 4 nitrogen and oxygen atoms in total. The van der Waals surface area contributed by atoms with Gasteiger partial charge in [-0.25, -0.2) is 4.79 Å². The highest BCUT2D eigenvalue weighted by Gasteiger charge is 2.26. The number of hydrogen-bond donors (Lipinski definition) is 1. The Kier molecular flexibility index (Phi) is 6.81. The number of carbonyl (C=O) groups excluding carboxylic acids is 1. The normalized spacial score (nSPS) is 22.3. The number of rotatable bonds is 4. The summed E-state index contributed by atoms with van der Waals surface area (Å²) in [7, 11) is 0. The first kappa shape index (κ1) is 16.6. The Morgan fingerprint density at radius 1 is 1.05 bits per heavy atom. The van der Waals surface area contributed by atoms with Crippen LogP contribution >= 0.6 is 0 Å². The smallest absolute Gasteiger partial charge is 0.317 e. The van der Waals surface area contributed by atoms with Crippen molar-refractivity contribution in [1.82, 2.24) is 15.1 Å². The molecule has 1 saturated carbocycles. The van der Waals surface area contributed by atoms with Crippen LogP contribution in [0.3, 0.4) is 0 Å². The van der Waals surface area contributed by atoms with Gasteiger partial charge in [0.05, 0.1) is 0 Å². The molecule has 122 valence electrons. The van der Waals surface area contributed by atoms with Gasteiger partial charge in [0.1, 0.15) is 0 Å². The first-order valence-electron chi connectivity index (χ1n) is 8.93. The van der Waals surface area contributed by atoms with E-state index in [2.05, 4.69) is 24.1 Å². The van der Waals surface area contributed by atoms with Crippen molar-refractivity contribution < 1.29 is 4.79 Å². The number of piperazine rings is 1. The van der Waals surface area contributed by atoms with Gasteiger partial charge in [0.2, 0.25) is 0 Å². The minimum Gasteiger partial charge on any atom is -0.338 e. The molecule has 2 amide bonds. The summed E-state index contributed by atoms with van der Waals surface area (Å²) in [6.45, 7) is 9.09. The number of hydrogen-bond acceptors (Lipinski definition) is 2. The van der Waals surface area contributed by atoms with E-state index in [1.165, 1.54) is 38.5 Å². The van der Waals surface area contributed by atoms with Crippen LogP contribution in [0.4, 0.5) is 4.79 Å². The molecule has 0 unspecified atom stereocenters. The van der Waals surface area contributed by atoms with Gasteiger partial charge >= 0.3 is 6.03 Å². The van der Waals surface area contributed by atoms with E-state index in [0.717, 1.165) is 45.2 Å². The third-order valence-corrected chi connectivity index (χ3v) is 4.94. The van der Waals surface area contributed by atoms with Crippen molar-refractivity contribution in [3.05, 3.63) is 0 Å². The Morgan fingerprint density at radius 2 is 1.67 bits per heavy atom. The van der Waals surface area contributed by atoms with Crippen molar-refractivity contribution >= 4 is 6.03 Å². The molecule has 0 aromatic rings. The first-order chi connectivity index (χ1) is 10.2. The molecular formula is C17H33N3O. The second kappa shape index (κ2) is 8.62. The van der Waals surface area contributed by atoms with Crippen LogP contribution < -0.4 is 5.32 Å². The molecule has 1 heterocycles. The van der Waals surface area contributed by atoms with Gasteiger partial charge in [0.25, 0.3) is 0 Å². The van der Waals surface area contributed by atoms with Crippen LogP contribution in [-0.4, -0.2) is 54.6 Å². The van der Waals surface area contributed by atoms with E-state index in [0.29, 0.717) is 5.92 Å². The SMILES string of the molecule is CC(C)CCNC(=O)N1CCN(C2CCCCCC2)CC1. The van der Waals surface area contributed by atoms with Crippen molar-refractivity contribution in [3.63, 3.8) is 0 Å². The lowest BCUT2D eigenvalue weighted by molar-refractivity contribution is 0.101. The largest absolute Gasteiger partial charge is 0.338 e. The maximum absolute atomic E-state index is 12.1. The number of amides is 2. The monoisotopic (exact) mass is 295 g/mol. The molecule has 0 spiro atoms. The van der Waals surface area contributed by atoms with Gasteiger partial charge in [0, 0.05) is 38.8 Å². The zero-order valence-electron chi connectivity index (χ0n) is 13.9. The molecule has 0 radical (unpaired) electrons. The first-order valence-corrected chi connectivity index (χ1v) is 8.93. The summed E-state index contributed by atoms with van der Waals surface area (Å²) in [5, 5.41) is 3.06. The predicted molar refractivity (Wildman–Crippen MR) is 87.5 cm³/mol. The van der Waals surface area contributed by atoms with Crippen LogP contribution in [0.25, 0.3) is 0 Å². The standard InChI is InChI=1S/C17H33N3O/c1-15(2)9-10-18-17(21)20-13-11-19(12-14-20)16-7-5-3-4-6-8-16/h15-16H,3-14H2,1-2H3,(H,18,21). The van der Waals surface area contributed by atoms with Gasteiger partial charge in [0.15, 0.2) is 0 Å². The number of carbonyl (C=O) groups is 1. The third-order valence-electron chi connectivity index (χ3n) is 4.94. The predicted octanol–water partition coefficient (Wildman–Crippen LogP) is 3.08. The molecule has 2 fully saturated rings. The second-order valence-corrected chi connectivity index (χ2v) is 7.08. The molecule has 1 N–H and O–H groups in total. The Bertz CT molecular complexity index is 303. The zero-order valence-corrected chi connectivity index (χ0v) is 13.9. The highest BCUT2D eigenvalue weighted by molar-refractivity contribution is 5.74. The maximum atomic E-state index is 12.1. The van der Waals surface area contributed by atoms with Crippen molar-refractivity contribution in [2.24, 2.45) is 5.92 Å². The van der Waals surface area contributed by atoms with Crippen LogP contribution in [0, 0.1) is 5.92 Å². The summed E-state index contributed by atoms with van der Waals surface area (Å²) in [6, 6.07) is 0.912. The summed E-state index contributed by atoms with van der Waals surface area (Å²) in [4.78, 5) is 16.7. The van der Waals surface area contributed by atoms with Crippen molar-refractivity contribution in [2.45, 2.75) is 64.8 Å². The molecule has 0 aromatic carbocycles. The molecule has 0 aromatic heterocycles. The van der Waals surface area contributed by atoms with E-state index in [1.807, 2.05) is 4.90 Å². The fraction of sp³-hybridized carbons (Fsp3) is 0.941. The van der Waals surface area contributed by atoms with Gasteiger partial charge in [-0.2, -0.15) is 0 Å². The lowest BCUT2D eigenvalue weighted by atomic mass is 10.1. The summed E-state index contributed by atoms with van der Waals surface area (Å²) in [6.07, 6.45) is 9.39. The molecule has 2 rings (SSSR count). The van der Waals surface area contributed by atoms with E-state index in [1.54, 1.807) is 0 Å². The van der Waals surface area contributed by atoms with Crippen LogP contribution in [0.1, 0.15) is 58.8 Å². The summed E-state index contributed by atoms with van der Waals surface area (Å²) < 4.78 is 0. The van der Waals surface area contributed by atoms with Crippen LogP contribution in [0.2, 0.25) is 0 Å². The maximum Gasteiger partial charge on any atom is 0.317 e. The molecule has 1 aliphatic carbocycles. The van der Waals surface area contributed by atoms with Crippen LogP contribution in [-0.2, 0) is 0 Å².